The van der Waals surface area contributed by atoms with Gasteiger partial charge in [-0.3, -0.25) is 4.90 Å². The van der Waals surface area contributed by atoms with Crippen LogP contribution < -0.4 is 4.90 Å². The molecular weight excluding hydrogens is 345 g/mol. The normalized spacial score (nSPS) is 12.4. The van der Waals surface area contributed by atoms with E-state index in [1.165, 1.54) is 25.2 Å². The molecule has 4 nitrogen and oxygen atoms in total. The number of anilines is 1. The van der Waals surface area contributed by atoms with Gasteiger partial charge >= 0.3 is 6.09 Å². The minimum Gasteiger partial charge on any atom is -0.506 e. The highest BCUT2D eigenvalue weighted by Gasteiger charge is 2.30. The number of benzene rings is 3. The average molecular weight is 363 g/mol. The number of rotatable bonds is 3. The first-order chi connectivity index (χ1) is 13.1. The molecule has 0 bridgehead atoms. The van der Waals surface area contributed by atoms with Gasteiger partial charge < -0.3 is 9.84 Å². The summed E-state index contributed by atoms with van der Waals surface area (Å²) in [5, 5.41) is 9.86. The second kappa shape index (κ2) is 6.76. The van der Waals surface area contributed by atoms with E-state index in [0.29, 0.717) is 0 Å². The molecule has 27 heavy (non-hydrogen) atoms. The maximum atomic E-state index is 14.0. The molecule has 1 amide bonds. The second-order valence-corrected chi connectivity index (χ2v) is 6.47. The summed E-state index contributed by atoms with van der Waals surface area (Å²) in [4.78, 5) is 13.4. The van der Waals surface area contributed by atoms with Gasteiger partial charge in [-0.25, -0.2) is 9.18 Å². The lowest BCUT2D eigenvalue weighted by Gasteiger charge is -2.20. The number of halogens is 1. The van der Waals surface area contributed by atoms with Crippen LogP contribution in [-0.2, 0) is 4.74 Å². The van der Waals surface area contributed by atoms with Crippen molar-refractivity contribution in [3.63, 3.8) is 0 Å². The molecule has 1 aliphatic carbocycles. The molecule has 0 aliphatic heterocycles. The highest BCUT2D eigenvalue weighted by atomic mass is 19.1. The number of nitrogens with zero attached hydrogens (tertiary/aromatic N) is 1. The molecule has 1 N–H and O–H groups in total. The van der Waals surface area contributed by atoms with E-state index < -0.39 is 11.9 Å². The van der Waals surface area contributed by atoms with Gasteiger partial charge in [-0.15, -0.1) is 0 Å². The fraction of sp³-hybridized carbons (Fsp3) is 0.136. The van der Waals surface area contributed by atoms with E-state index in [1.807, 2.05) is 36.4 Å². The summed E-state index contributed by atoms with van der Waals surface area (Å²) in [6.45, 7) is 0.131. The van der Waals surface area contributed by atoms with Gasteiger partial charge in [0.1, 0.15) is 18.0 Å². The van der Waals surface area contributed by atoms with Gasteiger partial charge in [-0.2, -0.15) is 0 Å². The van der Waals surface area contributed by atoms with Crippen LogP contribution in [0.4, 0.5) is 14.9 Å². The minimum absolute atomic E-state index is 0.0797. The zero-order valence-corrected chi connectivity index (χ0v) is 14.7. The molecule has 3 aromatic rings. The molecule has 0 spiro atoms. The maximum absolute atomic E-state index is 14.0. The number of ether oxygens (including phenoxy) is 1. The van der Waals surface area contributed by atoms with Crippen molar-refractivity contribution in [1.82, 2.24) is 0 Å². The van der Waals surface area contributed by atoms with Crippen LogP contribution in [0.5, 0.6) is 5.75 Å². The zero-order chi connectivity index (χ0) is 19.0. The summed E-state index contributed by atoms with van der Waals surface area (Å²) in [5.41, 5.74) is 4.27. The van der Waals surface area contributed by atoms with Crippen LogP contribution in [-0.4, -0.2) is 24.9 Å². The second-order valence-electron chi connectivity index (χ2n) is 6.47. The standard InChI is InChI=1S/C22H18FNO3/c1-24(21-19(23)11-6-12-20(21)25)22(26)27-13-18-16-9-4-2-7-14(16)15-8-3-5-10-17(15)18/h2-12,18,25H,13H2,1H3. The Kier molecular flexibility index (Phi) is 4.28. The van der Waals surface area contributed by atoms with Crippen molar-refractivity contribution in [2.75, 3.05) is 18.6 Å². The third-order valence-corrected chi connectivity index (χ3v) is 4.91. The SMILES string of the molecule is CN(C(=O)OCC1c2ccccc2-c2ccccc21)c1c(O)cccc1F. The van der Waals surface area contributed by atoms with Crippen LogP contribution in [0.25, 0.3) is 11.1 Å². The van der Waals surface area contributed by atoms with E-state index in [0.717, 1.165) is 27.2 Å². The number of amides is 1. The molecule has 0 saturated heterocycles. The predicted octanol–water partition coefficient (Wildman–Crippen LogP) is 4.92. The zero-order valence-electron chi connectivity index (χ0n) is 14.7. The van der Waals surface area contributed by atoms with Crippen LogP contribution in [0.2, 0.25) is 0 Å². The van der Waals surface area contributed by atoms with E-state index in [9.17, 15) is 14.3 Å². The molecule has 0 saturated carbocycles. The van der Waals surface area contributed by atoms with Crippen LogP contribution in [0.1, 0.15) is 17.0 Å². The van der Waals surface area contributed by atoms with Crippen molar-refractivity contribution in [2.45, 2.75) is 5.92 Å². The van der Waals surface area contributed by atoms with E-state index in [-0.39, 0.29) is 24.0 Å². The predicted molar refractivity (Wildman–Crippen MR) is 102 cm³/mol. The molecule has 5 heteroatoms. The molecule has 3 aromatic carbocycles. The lowest BCUT2D eigenvalue weighted by atomic mass is 9.98. The van der Waals surface area contributed by atoms with Gasteiger partial charge in [-0.05, 0) is 34.4 Å². The van der Waals surface area contributed by atoms with E-state index in [1.54, 1.807) is 0 Å². The Balaban J connectivity index is 1.56. The van der Waals surface area contributed by atoms with Crippen molar-refractivity contribution in [2.24, 2.45) is 0 Å². The third kappa shape index (κ3) is 2.91. The lowest BCUT2D eigenvalue weighted by Crippen LogP contribution is -2.29. The monoisotopic (exact) mass is 363 g/mol. The first-order valence-electron chi connectivity index (χ1n) is 8.64. The smallest absolute Gasteiger partial charge is 0.414 e. The molecule has 136 valence electrons. The van der Waals surface area contributed by atoms with Crippen molar-refractivity contribution < 1.29 is 19.0 Å². The molecule has 0 atom stereocenters. The van der Waals surface area contributed by atoms with Crippen molar-refractivity contribution in [3.05, 3.63) is 83.7 Å². The van der Waals surface area contributed by atoms with Crippen LogP contribution in [0, 0.1) is 5.82 Å². The number of hydrogen-bond acceptors (Lipinski definition) is 3. The number of carbonyl (C=O) groups is 1. The maximum Gasteiger partial charge on any atom is 0.414 e. The molecule has 0 unspecified atom stereocenters. The van der Waals surface area contributed by atoms with Crippen molar-refractivity contribution in [3.8, 4) is 16.9 Å². The molecule has 0 aromatic heterocycles. The fourth-order valence-corrected chi connectivity index (χ4v) is 3.62. The Morgan fingerprint density at radius 3 is 2.19 bits per heavy atom. The van der Waals surface area contributed by atoms with Crippen LogP contribution in [0.3, 0.4) is 0 Å². The van der Waals surface area contributed by atoms with E-state index in [2.05, 4.69) is 12.1 Å². The number of para-hydroxylation sites is 1. The third-order valence-electron chi connectivity index (χ3n) is 4.91. The summed E-state index contributed by atoms with van der Waals surface area (Å²) in [5.74, 6) is -1.08. The van der Waals surface area contributed by atoms with Gasteiger partial charge in [0.15, 0.2) is 5.82 Å². The first kappa shape index (κ1) is 17.1. The molecular formula is C22H18FNO3. The quantitative estimate of drug-likeness (QED) is 0.719. The van der Waals surface area contributed by atoms with Gasteiger partial charge in [0.05, 0.1) is 0 Å². The van der Waals surface area contributed by atoms with Crippen molar-refractivity contribution >= 4 is 11.8 Å². The number of phenols is 1. The Morgan fingerprint density at radius 1 is 1.00 bits per heavy atom. The number of phenolic OH excluding ortho intramolecular Hbond substituents is 1. The summed E-state index contributed by atoms with van der Waals surface area (Å²) in [6, 6.07) is 19.9. The number of carbonyl (C=O) groups excluding carboxylic acids is 1. The highest BCUT2D eigenvalue weighted by molar-refractivity contribution is 5.89. The topological polar surface area (TPSA) is 49.8 Å². The Labute approximate surface area is 156 Å². The van der Waals surface area contributed by atoms with Crippen LogP contribution >= 0.6 is 0 Å². The molecule has 0 radical (unpaired) electrons. The molecule has 0 heterocycles. The Bertz CT molecular complexity index is 952. The molecule has 0 fully saturated rings. The van der Waals surface area contributed by atoms with Gasteiger partial charge in [0.2, 0.25) is 0 Å². The van der Waals surface area contributed by atoms with Crippen LogP contribution in [0.15, 0.2) is 66.7 Å². The van der Waals surface area contributed by atoms with Gasteiger partial charge in [0.25, 0.3) is 0 Å². The minimum atomic E-state index is -0.725. The number of fused-ring (bicyclic) bond motifs is 3. The van der Waals surface area contributed by atoms with Gasteiger partial charge in [-0.1, -0.05) is 54.6 Å². The average Bonchev–Trinajstić information content (AvgIpc) is 3.00. The highest BCUT2D eigenvalue weighted by Crippen LogP contribution is 2.44. The van der Waals surface area contributed by atoms with Crippen molar-refractivity contribution in [1.29, 1.82) is 0 Å². The first-order valence-corrected chi connectivity index (χ1v) is 8.64. The lowest BCUT2D eigenvalue weighted by molar-refractivity contribution is 0.151. The number of hydrogen-bond donors (Lipinski definition) is 1. The van der Waals surface area contributed by atoms with E-state index in [4.69, 9.17) is 4.74 Å². The fourth-order valence-electron chi connectivity index (χ4n) is 3.62. The summed E-state index contributed by atoms with van der Waals surface area (Å²) in [6.07, 6.45) is -0.725. The Morgan fingerprint density at radius 2 is 1.59 bits per heavy atom. The Hall–Kier alpha value is -3.34. The molecule has 4 rings (SSSR count). The summed E-state index contributed by atoms with van der Waals surface area (Å²) < 4.78 is 19.5. The summed E-state index contributed by atoms with van der Waals surface area (Å²) in [7, 11) is 1.37. The van der Waals surface area contributed by atoms with Gasteiger partial charge in [0, 0.05) is 13.0 Å². The molecule has 1 aliphatic rings. The largest absolute Gasteiger partial charge is 0.506 e. The van der Waals surface area contributed by atoms with E-state index >= 15 is 0 Å². The summed E-state index contributed by atoms with van der Waals surface area (Å²) >= 11 is 0. The number of aromatic hydroxyl groups is 1.